The first-order valence-electron chi connectivity index (χ1n) is 6.84. The van der Waals surface area contributed by atoms with Crippen molar-refractivity contribution in [1.82, 2.24) is 0 Å². The van der Waals surface area contributed by atoms with Gasteiger partial charge in [-0.2, -0.15) is 0 Å². The average Bonchev–Trinajstić information content (AvgIpc) is 2.55. The van der Waals surface area contributed by atoms with Crippen molar-refractivity contribution in [3.63, 3.8) is 0 Å². The highest BCUT2D eigenvalue weighted by molar-refractivity contribution is 7.80. The summed E-state index contributed by atoms with van der Waals surface area (Å²) >= 11 is 5.23. The maximum atomic E-state index is 10.6. The van der Waals surface area contributed by atoms with E-state index in [-0.39, 0.29) is 5.69 Å². The third-order valence-corrected chi connectivity index (χ3v) is 3.34. The molecule has 1 aliphatic rings. The van der Waals surface area contributed by atoms with Crippen molar-refractivity contribution in [3.05, 3.63) is 52.6 Å². The number of fused-ring (bicyclic) bond motifs is 1. The number of hydrogen-bond donors (Lipinski definition) is 2. The number of rotatable bonds is 3. The lowest BCUT2D eigenvalue weighted by Gasteiger charge is -2.19. The van der Waals surface area contributed by atoms with Gasteiger partial charge in [0.1, 0.15) is 13.2 Å². The largest absolute Gasteiger partial charge is 0.486 e. The standard InChI is InChI=1S/C15H13N3O4S/c19-18(20)12-4-1-10(2-5-12)16-15(23)17-11-3-6-13-14(9-11)22-8-7-21-13/h1-6,9H,7-8H2,(H2,16,17,23). The Hall–Kier alpha value is -2.87. The van der Waals surface area contributed by atoms with Gasteiger partial charge in [-0.15, -0.1) is 0 Å². The third kappa shape index (κ3) is 3.67. The zero-order valence-electron chi connectivity index (χ0n) is 11.9. The summed E-state index contributed by atoms with van der Waals surface area (Å²) in [5, 5.41) is 17.0. The van der Waals surface area contributed by atoms with Crippen molar-refractivity contribution in [3.8, 4) is 11.5 Å². The number of ether oxygens (including phenoxy) is 2. The van der Waals surface area contributed by atoms with Crippen molar-refractivity contribution in [2.24, 2.45) is 0 Å². The fourth-order valence-corrected chi connectivity index (χ4v) is 2.32. The van der Waals surface area contributed by atoms with E-state index in [9.17, 15) is 10.1 Å². The first-order chi connectivity index (χ1) is 11.1. The minimum atomic E-state index is -0.449. The Morgan fingerprint density at radius 2 is 1.61 bits per heavy atom. The highest BCUT2D eigenvalue weighted by atomic mass is 32.1. The second-order valence-corrected chi connectivity index (χ2v) is 5.15. The van der Waals surface area contributed by atoms with Crippen molar-refractivity contribution in [1.29, 1.82) is 0 Å². The number of nitro benzene ring substituents is 1. The minimum Gasteiger partial charge on any atom is -0.486 e. The molecule has 7 nitrogen and oxygen atoms in total. The molecule has 118 valence electrons. The number of benzene rings is 2. The molecule has 0 fully saturated rings. The Morgan fingerprint density at radius 1 is 1.00 bits per heavy atom. The Balaban J connectivity index is 1.64. The molecule has 0 bridgehead atoms. The smallest absolute Gasteiger partial charge is 0.269 e. The van der Waals surface area contributed by atoms with Crippen molar-refractivity contribution < 1.29 is 14.4 Å². The molecule has 0 unspecified atom stereocenters. The molecule has 1 heterocycles. The predicted octanol–water partition coefficient (Wildman–Crippen LogP) is 3.17. The molecular formula is C15H13N3O4S. The van der Waals surface area contributed by atoms with E-state index < -0.39 is 4.92 Å². The molecule has 3 rings (SSSR count). The van der Waals surface area contributed by atoms with Crippen LogP contribution in [0.15, 0.2) is 42.5 Å². The Kier molecular flexibility index (Phi) is 4.24. The molecule has 0 amide bonds. The molecule has 0 aliphatic carbocycles. The average molecular weight is 331 g/mol. The maximum absolute atomic E-state index is 10.6. The highest BCUT2D eigenvalue weighted by Gasteiger charge is 2.12. The SMILES string of the molecule is O=[N+]([O-])c1ccc(NC(=S)Nc2ccc3c(c2)OCCO3)cc1. The number of hydrogen-bond acceptors (Lipinski definition) is 5. The molecule has 8 heteroatoms. The van der Waals surface area contributed by atoms with E-state index in [4.69, 9.17) is 21.7 Å². The van der Waals surface area contributed by atoms with Gasteiger partial charge < -0.3 is 20.1 Å². The van der Waals surface area contributed by atoms with Gasteiger partial charge in [0.05, 0.1) is 4.92 Å². The van der Waals surface area contributed by atoms with Gasteiger partial charge in [0.15, 0.2) is 16.6 Å². The lowest BCUT2D eigenvalue weighted by molar-refractivity contribution is -0.384. The summed E-state index contributed by atoms with van der Waals surface area (Å²) in [6.07, 6.45) is 0. The van der Waals surface area contributed by atoms with Gasteiger partial charge in [0.2, 0.25) is 0 Å². The van der Waals surface area contributed by atoms with Gasteiger partial charge in [0, 0.05) is 29.6 Å². The van der Waals surface area contributed by atoms with Gasteiger partial charge in [-0.1, -0.05) is 0 Å². The fourth-order valence-electron chi connectivity index (χ4n) is 2.08. The molecular weight excluding hydrogens is 318 g/mol. The van der Waals surface area contributed by atoms with Gasteiger partial charge in [-0.25, -0.2) is 0 Å². The normalized spacial score (nSPS) is 12.3. The van der Waals surface area contributed by atoms with E-state index in [1.54, 1.807) is 18.2 Å². The van der Waals surface area contributed by atoms with Crippen LogP contribution < -0.4 is 20.1 Å². The van der Waals surface area contributed by atoms with Crippen molar-refractivity contribution in [2.45, 2.75) is 0 Å². The first-order valence-corrected chi connectivity index (χ1v) is 7.25. The molecule has 1 aliphatic heterocycles. The number of non-ortho nitro benzene ring substituents is 1. The second-order valence-electron chi connectivity index (χ2n) is 4.74. The number of anilines is 2. The van der Waals surface area contributed by atoms with Gasteiger partial charge in [0.25, 0.3) is 5.69 Å². The predicted molar refractivity (Wildman–Crippen MR) is 90.4 cm³/mol. The third-order valence-electron chi connectivity index (χ3n) is 3.14. The van der Waals surface area contributed by atoms with E-state index in [0.717, 1.165) is 5.69 Å². The van der Waals surface area contributed by atoms with Gasteiger partial charge in [-0.3, -0.25) is 10.1 Å². The summed E-state index contributed by atoms with van der Waals surface area (Å²) in [7, 11) is 0. The summed E-state index contributed by atoms with van der Waals surface area (Å²) < 4.78 is 11.0. The van der Waals surface area contributed by atoms with Gasteiger partial charge in [-0.05, 0) is 36.5 Å². The molecule has 0 saturated heterocycles. The second kappa shape index (κ2) is 6.49. The number of nitrogens with zero attached hydrogens (tertiary/aromatic N) is 1. The van der Waals surface area contributed by atoms with Crippen LogP contribution in [0, 0.1) is 10.1 Å². The van der Waals surface area contributed by atoms with E-state index in [1.165, 1.54) is 12.1 Å². The Labute approximate surface area is 137 Å². The molecule has 2 aromatic rings. The summed E-state index contributed by atoms with van der Waals surface area (Å²) in [5.74, 6) is 1.37. The van der Waals surface area contributed by atoms with Crippen LogP contribution in [0.3, 0.4) is 0 Å². The van der Waals surface area contributed by atoms with Crippen LogP contribution in [-0.2, 0) is 0 Å². The fraction of sp³-hybridized carbons (Fsp3) is 0.133. The van der Waals surface area contributed by atoms with Crippen LogP contribution >= 0.6 is 12.2 Å². The van der Waals surface area contributed by atoms with Crippen LogP contribution in [0.25, 0.3) is 0 Å². The zero-order valence-corrected chi connectivity index (χ0v) is 12.8. The topological polar surface area (TPSA) is 85.7 Å². The summed E-state index contributed by atoms with van der Waals surface area (Å²) in [6, 6.07) is 11.5. The minimum absolute atomic E-state index is 0.0289. The molecule has 0 atom stereocenters. The molecule has 0 saturated carbocycles. The van der Waals surface area contributed by atoms with Crippen LogP contribution in [0.4, 0.5) is 17.1 Å². The summed E-state index contributed by atoms with van der Waals surface area (Å²) in [5.41, 5.74) is 1.44. The quantitative estimate of drug-likeness (QED) is 0.507. The lowest BCUT2D eigenvalue weighted by atomic mass is 10.2. The summed E-state index contributed by atoms with van der Waals surface area (Å²) in [6.45, 7) is 1.06. The van der Waals surface area contributed by atoms with E-state index in [2.05, 4.69) is 10.6 Å². The van der Waals surface area contributed by atoms with Crippen molar-refractivity contribution in [2.75, 3.05) is 23.8 Å². The lowest BCUT2D eigenvalue weighted by Crippen LogP contribution is -2.20. The van der Waals surface area contributed by atoms with Crippen molar-refractivity contribution >= 4 is 34.4 Å². The monoisotopic (exact) mass is 331 g/mol. The number of thiocarbonyl (C=S) groups is 1. The molecule has 2 aromatic carbocycles. The van der Waals surface area contributed by atoms with E-state index in [1.807, 2.05) is 12.1 Å². The Morgan fingerprint density at radius 3 is 2.30 bits per heavy atom. The molecule has 0 radical (unpaired) electrons. The van der Waals surface area contributed by atoms with Crippen LogP contribution in [0.1, 0.15) is 0 Å². The number of nitro groups is 1. The zero-order chi connectivity index (χ0) is 16.2. The number of nitrogens with one attached hydrogen (secondary N) is 2. The Bertz CT molecular complexity index is 749. The molecule has 0 aromatic heterocycles. The van der Waals surface area contributed by atoms with E-state index in [0.29, 0.717) is 35.5 Å². The van der Waals surface area contributed by atoms with Crippen LogP contribution in [0.5, 0.6) is 11.5 Å². The highest BCUT2D eigenvalue weighted by Crippen LogP contribution is 2.32. The first kappa shape index (κ1) is 15.0. The van der Waals surface area contributed by atoms with E-state index >= 15 is 0 Å². The molecule has 23 heavy (non-hydrogen) atoms. The molecule has 0 spiro atoms. The van der Waals surface area contributed by atoms with Crippen LogP contribution in [0.2, 0.25) is 0 Å². The maximum Gasteiger partial charge on any atom is 0.269 e. The molecule has 2 N–H and O–H groups in total. The summed E-state index contributed by atoms with van der Waals surface area (Å²) in [4.78, 5) is 10.2. The van der Waals surface area contributed by atoms with Gasteiger partial charge >= 0.3 is 0 Å². The van der Waals surface area contributed by atoms with Crippen LogP contribution in [-0.4, -0.2) is 23.2 Å².